The van der Waals surface area contributed by atoms with Crippen molar-refractivity contribution in [1.29, 1.82) is 0 Å². The number of rotatable bonds is 7. The summed E-state index contributed by atoms with van der Waals surface area (Å²) in [5.74, 6) is 2.78. The van der Waals surface area contributed by atoms with Gasteiger partial charge in [-0.3, -0.25) is 4.79 Å². The molecule has 1 fully saturated rings. The van der Waals surface area contributed by atoms with Crippen LogP contribution in [0.25, 0.3) is 0 Å². The van der Waals surface area contributed by atoms with Crippen LogP contribution < -0.4 is 19.7 Å². The van der Waals surface area contributed by atoms with Crippen LogP contribution in [-0.2, 0) is 17.0 Å². The molecule has 0 aliphatic carbocycles. The van der Waals surface area contributed by atoms with Crippen molar-refractivity contribution >= 4 is 35.1 Å². The van der Waals surface area contributed by atoms with Crippen molar-refractivity contribution in [3.8, 4) is 11.5 Å². The second kappa shape index (κ2) is 10.5. The number of hydrogen-bond acceptors (Lipinski definition) is 8. The molecule has 0 bridgehead atoms. The van der Waals surface area contributed by atoms with Crippen molar-refractivity contribution in [2.24, 2.45) is 0 Å². The topological polar surface area (TPSA) is 85.8 Å². The summed E-state index contributed by atoms with van der Waals surface area (Å²) in [6, 6.07) is 15.0. The number of nitrogens with zero attached hydrogens (tertiary/aromatic N) is 3. The normalized spacial score (nSPS) is 14.8. The van der Waals surface area contributed by atoms with E-state index in [1.54, 1.807) is 6.07 Å². The average molecular weight is 499 g/mol. The van der Waals surface area contributed by atoms with Crippen molar-refractivity contribution in [3.05, 3.63) is 70.4 Å². The third-order valence-electron chi connectivity index (χ3n) is 5.47. The molecule has 10 heteroatoms. The number of carbonyl (C=O) groups is 1. The Balaban J connectivity index is 1.15. The highest BCUT2D eigenvalue weighted by Crippen LogP contribution is 2.32. The average Bonchev–Trinajstić information content (AvgIpc) is 3.34. The van der Waals surface area contributed by atoms with Crippen molar-refractivity contribution in [2.45, 2.75) is 17.5 Å². The van der Waals surface area contributed by atoms with E-state index in [1.165, 1.54) is 11.8 Å². The molecule has 1 saturated heterocycles. The number of fused-ring (bicyclic) bond motifs is 1. The van der Waals surface area contributed by atoms with Crippen LogP contribution in [0.15, 0.2) is 53.7 Å². The minimum absolute atomic E-state index is 0.134. The van der Waals surface area contributed by atoms with Gasteiger partial charge in [0.15, 0.2) is 16.7 Å². The molecule has 8 nitrogen and oxygen atoms in total. The summed E-state index contributed by atoms with van der Waals surface area (Å²) in [5.41, 5.74) is 2.61. The van der Waals surface area contributed by atoms with Gasteiger partial charge in [-0.15, -0.1) is 0 Å². The van der Waals surface area contributed by atoms with Crippen molar-refractivity contribution < 1.29 is 19.0 Å². The van der Waals surface area contributed by atoms with Gasteiger partial charge in [-0.1, -0.05) is 41.6 Å². The van der Waals surface area contributed by atoms with Gasteiger partial charge in [0, 0.05) is 37.0 Å². The lowest BCUT2D eigenvalue weighted by Gasteiger charge is -2.27. The fraction of sp³-hybridized carbons (Fsp3) is 0.292. The smallest absolute Gasteiger partial charge is 0.251 e. The second-order valence-electron chi connectivity index (χ2n) is 7.79. The van der Waals surface area contributed by atoms with Crippen molar-refractivity contribution in [1.82, 2.24) is 15.3 Å². The summed E-state index contributed by atoms with van der Waals surface area (Å²) in [6.07, 6.45) is 0. The van der Waals surface area contributed by atoms with Crippen LogP contribution >= 0.6 is 23.4 Å². The Kier molecular flexibility index (Phi) is 7.03. The number of ether oxygens (including phenoxy) is 3. The van der Waals surface area contributed by atoms with E-state index in [4.69, 9.17) is 25.8 Å². The zero-order valence-corrected chi connectivity index (χ0v) is 19.9. The van der Waals surface area contributed by atoms with E-state index in [0.717, 1.165) is 35.8 Å². The fourth-order valence-electron chi connectivity index (χ4n) is 3.64. The summed E-state index contributed by atoms with van der Waals surface area (Å²) in [7, 11) is 0. The highest BCUT2D eigenvalue weighted by atomic mass is 35.5. The van der Waals surface area contributed by atoms with Gasteiger partial charge in [-0.25, -0.2) is 9.97 Å². The number of halogens is 1. The van der Waals surface area contributed by atoms with Crippen LogP contribution in [0.1, 0.15) is 21.5 Å². The van der Waals surface area contributed by atoms with Gasteiger partial charge in [0.25, 0.3) is 5.91 Å². The maximum absolute atomic E-state index is 12.5. The molecule has 1 aromatic heterocycles. The van der Waals surface area contributed by atoms with Gasteiger partial charge in [0.05, 0.1) is 13.2 Å². The molecule has 0 atom stereocenters. The Bertz CT molecular complexity index is 1170. The first kappa shape index (κ1) is 22.8. The molecular weight excluding hydrogens is 476 g/mol. The van der Waals surface area contributed by atoms with E-state index >= 15 is 0 Å². The number of anilines is 1. The molecule has 2 aliphatic rings. The molecule has 0 spiro atoms. The van der Waals surface area contributed by atoms with E-state index in [0.29, 0.717) is 47.1 Å². The lowest BCUT2D eigenvalue weighted by molar-refractivity contribution is 0.0951. The molecule has 0 saturated carbocycles. The molecule has 176 valence electrons. The predicted molar refractivity (Wildman–Crippen MR) is 130 cm³/mol. The maximum Gasteiger partial charge on any atom is 0.251 e. The minimum Gasteiger partial charge on any atom is -0.454 e. The Morgan fingerprint density at radius 2 is 1.76 bits per heavy atom. The third kappa shape index (κ3) is 5.55. The number of aromatic nitrogens is 2. The Hall–Kier alpha value is -3.01. The Morgan fingerprint density at radius 1 is 1.00 bits per heavy atom. The zero-order chi connectivity index (χ0) is 23.3. The number of hydrogen-bond donors (Lipinski definition) is 1. The number of amides is 1. The number of benzene rings is 2. The summed E-state index contributed by atoms with van der Waals surface area (Å²) in [6.45, 7) is 3.58. The minimum atomic E-state index is -0.134. The molecule has 0 radical (unpaired) electrons. The van der Waals surface area contributed by atoms with Crippen LogP contribution in [0.2, 0.25) is 5.15 Å². The van der Waals surface area contributed by atoms with Crippen molar-refractivity contribution in [2.75, 3.05) is 38.0 Å². The quantitative estimate of drug-likeness (QED) is 0.298. The molecule has 2 aromatic carbocycles. The van der Waals surface area contributed by atoms with Gasteiger partial charge in [0.2, 0.25) is 6.79 Å². The molecular formula is C24H23ClN4O4S. The first-order valence-corrected chi connectivity index (χ1v) is 12.3. The van der Waals surface area contributed by atoms with E-state index in [9.17, 15) is 4.79 Å². The van der Waals surface area contributed by atoms with E-state index in [-0.39, 0.29) is 12.7 Å². The van der Waals surface area contributed by atoms with Gasteiger partial charge in [-0.05, 0) is 35.4 Å². The molecule has 3 aromatic rings. The highest BCUT2D eigenvalue weighted by molar-refractivity contribution is 7.98. The molecule has 3 heterocycles. The van der Waals surface area contributed by atoms with Gasteiger partial charge < -0.3 is 24.4 Å². The van der Waals surface area contributed by atoms with Crippen LogP contribution in [0.5, 0.6) is 11.5 Å². The molecule has 5 rings (SSSR count). The lowest BCUT2D eigenvalue weighted by atomic mass is 10.1. The maximum atomic E-state index is 12.5. The summed E-state index contributed by atoms with van der Waals surface area (Å²) >= 11 is 7.74. The molecule has 1 amide bonds. The summed E-state index contributed by atoms with van der Waals surface area (Å²) in [4.78, 5) is 23.7. The first-order valence-electron chi connectivity index (χ1n) is 10.9. The Morgan fingerprint density at radius 3 is 2.59 bits per heavy atom. The zero-order valence-electron chi connectivity index (χ0n) is 18.3. The molecule has 34 heavy (non-hydrogen) atoms. The number of nitrogens with one attached hydrogen (secondary N) is 1. The largest absolute Gasteiger partial charge is 0.454 e. The highest BCUT2D eigenvalue weighted by Gasteiger charge is 2.16. The number of morpholine rings is 1. The van der Waals surface area contributed by atoms with Crippen molar-refractivity contribution in [3.63, 3.8) is 0 Å². The molecule has 0 unspecified atom stereocenters. The van der Waals surface area contributed by atoms with Crippen LogP contribution in [-0.4, -0.2) is 49.0 Å². The van der Waals surface area contributed by atoms with E-state index in [2.05, 4.69) is 20.2 Å². The number of thioether (sulfide) groups is 1. The molecule has 1 N–H and O–H groups in total. The third-order valence-corrected chi connectivity index (χ3v) is 6.58. The van der Waals surface area contributed by atoms with Gasteiger partial charge in [0.1, 0.15) is 11.0 Å². The second-order valence-corrected chi connectivity index (χ2v) is 9.12. The summed E-state index contributed by atoms with van der Waals surface area (Å²) in [5, 5.41) is 3.99. The first-order chi connectivity index (χ1) is 16.6. The molecule has 2 aliphatic heterocycles. The van der Waals surface area contributed by atoms with E-state index in [1.807, 2.05) is 42.5 Å². The number of carbonyl (C=O) groups excluding carboxylic acids is 1. The predicted octanol–water partition coefficient (Wildman–Crippen LogP) is 3.92. The van der Waals surface area contributed by atoms with Crippen LogP contribution in [0.3, 0.4) is 0 Å². The van der Waals surface area contributed by atoms with Gasteiger partial charge in [-0.2, -0.15) is 0 Å². The fourth-order valence-corrected chi connectivity index (χ4v) is 4.68. The van der Waals surface area contributed by atoms with Crippen LogP contribution in [0, 0.1) is 0 Å². The Labute approximate surface area is 206 Å². The standard InChI is InChI=1S/C24H23ClN4O4S/c25-21-12-22(29-7-9-31-10-8-29)28-24(27-21)34-14-16-1-4-18(5-2-16)23(30)26-13-17-3-6-19-20(11-17)33-15-32-19/h1-6,11-12H,7-10,13-15H2,(H,26,30). The monoisotopic (exact) mass is 498 g/mol. The summed E-state index contributed by atoms with van der Waals surface area (Å²) < 4.78 is 16.1. The van der Waals surface area contributed by atoms with Gasteiger partial charge >= 0.3 is 0 Å². The van der Waals surface area contributed by atoms with Crippen LogP contribution in [0.4, 0.5) is 5.82 Å². The van der Waals surface area contributed by atoms with E-state index < -0.39 is 0 Å². The lowest BCUT2D eigenvalue weighted by Crippen LogP contribution is -2.36. The SMILES string of the molecule is O=C(NCc1ccc2c(c1)OCO2)c1ccc(CSc2nc(Cl)cc(N3CCOCC3)n2)cc1.